The maximum absolute atomic E-state index is 9.41. The van der Waals surface area contributed by atoms with E-state index in [4.69, 9.17) is 23.2 Å². The van der Waals surface area contributed by atoms with E-state index < -0.39 is 11.8 Å². The van der Waals surface area contributed by atoms with Gasteiger partial charge in [0.1, 0.15) is 0 Å². The van der Waals surface area contributed by atoms with Crippen molar-refractivity contribution in [1.29, 1.82) is 10.5 Å². The summed E-state index contributed by atoms with van der Waals surface area (Å²) < 4.78 is 0. The Labute approximate surface area is 127 Å². The van der Waals surface area contributed by atoms with Crippen LogP contribution in [0.1, 0.15) is 25.3 Å². The van der Waals surface area contributed by atoms with Crippen LogP contribution < -0.4 is 0 Å². The Kier molecular flexibility index (Phi) is 4.14. The second-order valence-electron chi connectivity index (χ2n) is 4.59. The summed E-state index contributed by atoms with van der Waals surface area (Å²) in [6.45, 7) is 3.55. The van der Waals surface area contributed by atoms with Crippen LogP contribution in [0.2, 0.25) is 10.0 Å². The molecular weight excluding hydrogens is 293 g/mol. The van der Waals surface area contributed by atoms with Crippen LogP contribution in [0.5, 0.6) is 0 Å². The second kappa shape index (κ2) is 5.67. The zero-order valence-electron chi connectivity index (χ0n) is 11.0. The number of benzene rings is 1. The molecule has 1 heterocycles. The van der Waals surface area contributed by atoms with Crippen molar-refractivity contribution in [3.8, 4) is 12.1 Å². The largest absolute Gasteiger partial charge is 0.260 e. The van der Waals surface area contributed by atoms with Gasteiger partial charge in [-0.1, -0.05) is 35.3 Å². The molecule has 0 aliphatic carbocycles. The third-order valence-corrected chi connectivity index (χ3v) is 4.24. The first kappa shape index (κ1) is 14.6. The Hall–Kier alpha value is -1.81. The average Bonchev–Trinajstić information content (AvgIpc) is 2.41. The monoisotopic (exact) mass is 303 g/mol. The van der Waals surface area contributed by atoms with E-state index in [1.807, 2.05) is 0 Å². The minimum Gasteiger partial charge on any atom is -0.260 e. The first-order valence-corrected chi connectivity index (χ1v) is 6.76. The molecule has 0 radical (unpaired) electrons. The van der Waals surface area contributed by atoms with Crippen LogP contribution in [0.4, 0.5) is 0 Å². The van der Waals surface area contributed by atoms with Crippen LogP contribution in [0.3, 0.4) is 0 Å². The van der Waals surface area contributed by atoms with Crippen LogP contribution in [0.15, 0.2) is 34.5 Å². The van der Waals surface area contributed by atoms with Gasteiger partial charge < -0.3 is 0 Å². The molecule has 0 spiro atoms. The molecule has 1 unspecified atom stereocenters. The highest BCUT2D eigenvalue weighted by molar-refractivity contribution is 6.42. The van der Waals surface area contributed by atoms with Crippen molar-refractivity contribution in [3.63, 3.8) is 0 Å². The van der Waals surface area contributed by atoms with Gasteiger partial charge in [0, 0.05) is 11.6 Å². The molecule has 1 aliphatic heterocycles. The van der Waals surface area contributed by atoms with E-state index in [0.717, 1.165) is 0 Å². The second-order valence-corrected chi connectivity index (χ2v) is 5.38. The van der Waals surface area contributed by atoms with Gasteiger partial charge in [0.2, 0.25) is 0 Å². The fraction of sp³-hybridized carbons (Fsp3) is 0.267. The Bertz CT molecular complexity index is 705. The SMILES string of the molecule is CC1=NC(C)=C(C#N)[C@@H](c2cccc(Cl)c2Cl)C1C#N. The number of rotatable bonds is 1. The highest BCUT2D eigenvalue weighted by atomic mass is 35.5. The summed E-state index contributed by atoms with van der Waals surface area (Å²) in [4.78, 5) is 4.29. The molecule has 2 atom stereocenters. The molecular formula is C15H11Cl2N3. The topological polar surface area (TPSA) is 59.9 Å². The van der Waals surface area contributed by atoms with E-state index in [9.17, 15) is 10.5 Å². The van der Waals surface area contributed by atoms with Crippen LogP contribution in [0.25, 0.3) is 0 Å². The maximum atomic E-state index is 9.41. The summed E-state index contributed by atoms with van der Waals surface area (Å²) >= 11 is 12.3. The Morgan fingerprint density at radius 1 is 1.20 bits per heavy atom. The van der Waals surface area contributed by atoms with Crippen molar-refractivity contribution in [3.05, 3.63) is 45.1 Å². The lowest BCUT2D eigenvalue weighted by atomic mass is 9.77. The smallest absolute Gasteiger partial charge is 0.0973 e. The van der Waals surface area contributed by atoms with E-state index in [1.165, 1.54) is 0 Å². The number of halogens is 2. The summed E-state index contributed by atoms with van der Waals surface area (Å²) in [5, 5.41) is 19.6. The zero-order chi connectivity index (χ0) is 14.9. The van der Waals surface area contributed by atoms with Crippen molar-refractivity contribution < 1.29 is 0 Å². The number of allylic oxidation sites excluding steroid dienone is 2. The summed E-state index contributed by atoms with van der Waals surface area (Å²) in [6.07, 6.45) is 0. The van der Waals surface area contributed by atoms with Gasteiger partial charge in [0.25, 0.3) is 0 Å². The maximum Gasteiger partial charge on any atom is 0.0973 e. The molecule has 1 aromatic rings. The summed E-state index contributed by atoms with van der Waals surface area (Å²) in [5.41, 5.74) is 2.46. The van der Waals surface area contributed by atoms with Gasteiger partial charge in [-0.05, 0) is 25.5 Å². The standard InChI is InChI=1S/C15H11Cl2N3/c1-8-11(6-18)14(12(7-19)9(2)20-8)10-4-3-5-13(16)15(10)17/h3-5,11,14H,1-2H3/t11?,14-/m0/s1. The average molecular weight is 304 g/mol. The molecule has 5 heteroatoms. The summed E-state index contributed by atoms with van der Waals surface area (Å²) in [7, 11) is 0. The lowest BCUT2D eigenvalue weighted by Gasteiger charge is -2.27. The third-order valence-electron chi connectivity index (χ3n) is 3.40. The molecule has 0 bridgehead atoms. The number of hydrogen-bond acceptors (Lipinski definition) is 3. The number of aliphatic imine (C=N–C) groups is 1. The Morgan fingerprint density at radius 2 is 1.90 bits per heavy atom. The lowest BCUT2D eigenvalue weighted by molar-refractivity contribution is 0.704. The fourth-order valence-corrected chi connectivity index (χ4v) is 2.87. The van der Waals surface area contributed by atoms with Crippen LogP contribution >= 0.6 is 23.2 Å². The molecule has 1 aliphatic rings. The van der Waals surface area contributed by atoms with Gasteiger partial charge in [-0.25, -0.2) is 0 Å². The zero-order valence-corrected chi connectivity index (χ0v) is 12.5. The molecule has 0 saturated carbocycles. The van der Waals surface area contributed by atoms with Crippen molar-refractivity contribution in [2.75, 3.05) is 0 Å². The molecule has 0 fully saturated rings. The van der Waals surface area contributed by atoms with E-state index in [0.29, 0.717) is 32.6 Å². The van der Waals surface area contributed by atoms with E-state index in [1.54, 1.807) is 32.0 Å². The quantitative estimate of drug-likeness (QED) is 0.767. The molecule has 0 N–H and O–H groups in total. The predicted octanol–water partition coefficient (Wildman–Crippen LogP) is 4.49. The van der Waals surface area contributed by atoms with E-state index >= 15 is 0 Å². The molecule has 1 aromatic carbocycles. The van der Waals surface area contributed by atoms with Gasteiger partial charge in [-0.2, -0.15) is 10.5 Å². The van der Waals surface area contributed by atoms with Gasteiger partial charge in [-0.15, -0.1) is 0 Å². The third kappa shape index (κ3) is 2.31. The van der Waals surface area contributed by atoms with Crippen molar-refractivity contribution in [1.82, 2.24) is 0 Å². The van der Waals surface area contributed by atoms with E-state index in [2.05, 4.69) is 17.1 Å². The summed E-state index contributed by atoms with van der Waals surface area (Å²) in [5.74, 6) is -0.932. The van der Waals surface area contributed by atoms with Gasteiger partial charge in [0.15, 0.2) is 0 Å². The Morgan fingerprint density at radius 3 is 2.50 bits per heavy atom. The molecule has 3 nitrogen and oxygen atoms in total. The highest BCUT2D eigenvalue weighted by Gasteiger charge is 2.35. The van der Waals surface area contributed by atoms with Crippen LogP contribution in [-0.4, -0.2) is 5.71 Å². The van der Waals surface area contributed by atoms with Crippen LogP contribution in [-0.2, 0) is 0 Å². The van der Waals surface area contributed by atoms with Crippen LogP contribution in [0, 0.1) is 28.6 Å². The Balaban J connectivity index is 2.70. The van der Waals surface area contributed by atoms with Crippen molar-refractivity contribution in [2.45, 2.75) is 19.8 Å². The van der Waals surface area contributed by atoms with Gasteiger partial charge in [0.05, 0.1) is 39.4 Å². The van der Waals surface area contributed by atoms with Crippen molar-refractivity contribution >= 4 is 28.9 Å². The number of nitrogens with zero attached hydrogens (tertiary/aromatic N) is 3. The predicted molar refractivity (Wildman–Crippen MR) is 79.7 cm³/mol. The molecule has 100 valence electrons. The molecule has 0 saturated heterocycles. The normalized spacial score (nSPS) is 22.0. The first-order chi connectivity index (χ1) is 9.51. The number of nitriles is 2. The van der Waals surface area contributed by atoms with Gasteiger partial charge in [-0.3, -0.25) is 4.99 Å². The molecule has 0 aromatic heterocycles. The molecule has 20 heavy (non-hydrogen) atoms. The van der Waals surface area contributed by atoms with Gasteiger partial charge >= 0.3 is 0 Å². The molecule has 0 amide bonds. The first-order valence-electron chi connectivity index (χ1n) is 6.00. The minimum absolute atomic E-state index is 0.384. The fourth-order valence-electron chi connectivity index (χ4n) is 2.44. The van der Waals surface area contributed by atoms with E-state index in [-0.39, 0.29) is 0 Å². The highest BCUT2D eigenvalue weighted by Crippen LogP contribution is 2.42. The number of hydrogen-bond donors (Lipinski definition) is 0. The molecule has 2 rings (SSSR count). The van der Waals surface area contributed by atoms with Crippen molar-refractivity contribution in [2.24, 2.45) is 10.9 Å². The minimum atomic E-state index is -0.510. The lowest BCUT2D eigenvalue weighted by Crippen LogP contribution is -2.25. The summed E-state index contributed by atoms with van der Waals surface area (Å²) in [6, 6.07) is 9.62.